The normalized spacial score (nSPS) is 15.0. The lowest BCUT2D eigenvalue weighted by Gasteiger charge is -2.05. The number of anilines is 1. The molecule has 1 heterocycles. The van der Waals surface area contributed by atoms with Crippen LogP contribution in [0.25, 0.3) is 0 Å². The summed E-state index contributed by atoms with van der Waals surface area (Å²) in [5.74, 6) is 0.595. The molecular weight excluding hydrogens is 190 g/mol. The van der Waals surface area contributed by atoms with Gasteiger partial charge in [0.2, 0.25) is 5.91 Å². The minimum atomic E-state index is -0.0278. The average molecular weight is 205 g/mol. The maximum atomic E-state index is 11.4. The van der Waals surface area contributed by atoms with Crippen LogP contribution in [0.1, 0.15) is 18.4 Å². The number of carbonyl (C=O) groups is 1. The second kappa shape index (κ2) is 4.40. The molecule has 2 rings (SSSR count). The van der Waals surface area contributed by atoms with E-state index in [1.165, 1.54) is 12.8 Å². The van der Waals surface area contributed by atoms with E-state index in [4.69, 9.17) is 0 Å². The summed E-state index contributed by atoms with van der Waals surface area (Å²) in [6, 6.07) is 4.31. The molecule has 0 bridgehead atoms. The van der Waals surface area contributed by atoms with Crippen molar-refractivity contribution in [3.8, 4) is 0 Å². The number of hydrogen-bond acceptors (Lipinski definition) is 3. The molecule has 1 aromatic rings. The van der Waals surface area contributed by atoms with E-state index in [2.05, 4.69) is 15.6 Å². The van der Waals surface area contributed by atoms with Crippen molar-refractivity contribution in [3.05, 3.63) is 23.9 Å². The highest BCUT2D eigenvalue weighted by Crippen LogP contribution is 2.18. The quantitative estimate of drug-likeness (QED) is 0.773. The third kappa shape index (κ3) is 3.32. The van der Waals surface area contributed by atoms with Gasteiger partial charge in [-0.1, -0.05) is 0 Å². The van der Waals surface area contributed by atoms with Crippen molar-refractivity contribution in [2.24, 2.45) is 0 Å². The summed E-state index contributed by atoms with van der Waals surface area (Å²) < 4.78 is 0. The van der Waals surface area contributed by atoms with E-state index in [-0.39, 0.29) is 5.91 Å². The van der Waals surface area contributed by atoms with E-state index in [9.17, 15) is 4.79 Å². The van der Waals surface area contributed by atoms with Gasteiger partial charge in [-0.2, -0.15) is 0 Å². The smallest absolute Gasteiger partial charge is 0.239 e. The Morgan fingerprint density at radius 3 is 3.07 bits per heavy atom. The molecule has 0 atom stereocenters. The first-order valence-electron chi connectivity index (χ1n) is 5.20. The summed E-state index contributed by atoms with van der Waals surface area (Å²) in [5, 5.41) is 5.90. The lowest BCUT2D eigenvalue weighted by Crippen LogP contribution is -2.29. The zero-order valence-corrected chi connectivity index (χ0v) is 8.79. The summed E-state index contributed by atoms with van der Waals surface area (Å²) in [5.41, 5.74) is 1.09. The fourth-order valence-corrected chi connectivity index (χ4v) is 1.32. The Kier molecular flexibility index (Phi) is 2.97. The van der Waals surface area contributed by atoms with Gasteiger partial charge in [-0.05, 0) is 37.5 Å². The molecule has 1 saturated carbocycles. The molecule has 1 amide bonds. The standard InChI is InChI=1S/C11H15N3O/c1-8-4-5-12-10(6-8)14-11(15)7-13-9-2-3-9/h4-6,9,13H,2-3,7H2,1H3,(H,12,14,15). The molecule has 1 aromatic heterocycles. The van der Waals surface area contributed by atoms with E-state index in [1.807, 2.05) is 19.1 Å². The van der Waals surface area contributed by atoms with E-state index in [0.29, 0.717) is 18.4 Å². The van der Waals surface area contributed by atoms with Gasteiger partial charge in [0, 0.05) is 12.2 Å². The fourth-order valence-electron chi connectivity index (χ4n) is 1.32. The first-order valence-corrected chi connectivity index (χ1v) is 5.20. The first-order chi connectivity index (χ1) is 7.24. The Morgan fingerprint density at radius 1 is 1.60 bits per heavy atom. The molecule has 4 nitrogen and oxygen atoms in total. The van der Waals surface area contributed by atoms with E-state index in [1.54, 1.807) is 6.20 Å². The van der Waals surface area contributed by atoms with Gasteiger partial charge in [-0.15, -0.1) is 0 Å². The molecule has 0 radical (unpaired) electrons. The maximum absolute atomic E-state index is 11.4. The zero-order chi connectivity index (χ0) is 10.7. The van der Waals surface area contributed by atoms with Gasteiger partial charge in [0.05, 0.1) is 6.54 Å². The lowest BCUT2D eigenvalue weighted by atomic mass is 10.3. The van der Waals surface area contributed by atoms with E-state index in [0.717, 1.165) is 5.56 Å². The van der Waals surface area contributed by atoms with Gasteiger partial charge in [0.25, 0.3) is 0 Å². The summed E-state index contributed by atoms with van der Waals surface area (Å²) in [6.45, 7) is 2.35. The molecule has 0 spiro atoms. The van der Waals surface area contributed by atoms with Crippen molar-refractivity contribution in [3.63, 3.8) is 0 Å². The van der Waals surface area contributed by atoms with Gasteiger partial charge < -0.3 is 10.6 Å². The summed E-state index contributed by atoms with van der Waals surface area (Å²) in [6.07, 6.45) is 4.07. The third-order valence-electron chi connectivity index (χ3n) is 2.31. The van der Waals surface area contributed by atoms with Crippen molar-refractivity contribution >= 4 is 11.7 Å². The molecule has 2 N–H and O–H groups in total. The van der Waals surface area contributed by atoms with Crippen LogP contribution in [-0.2, 0) is 4.79 Å². The minimum absolute atomic E-state index is 0.0278. The van der Waals surface area contributed by atoms with Crippen molar-refractivity contribution in [2.75, 3.05) is 11.9 Å². The van der Waals surface area contributed by atoms with Gasteiger partial charge >= 0.3 is 0 Å². The second-order valence-electron chi connectivity index (χ2n) is 3.92. The van der Waals surface area contributed by atoms with Crippen molar-refractivity contribution in [1.29, 1.82) is 0 Å². The van der Waals surface area contributed by atoms with Crippen LogP contribution in [0, 0.1) is 6.92 Å². The molecule has 4 heteroatoms. The largest absolute Gasteiger partial charge is 0.310 e. The second-order valence-corrected chi connectivity index (χ2v) is 3.92. The third-order valence-corrected chi connectivity index (χ3v) is 2.31. The first kappa shape index (κ1) is 10.1. The van der Waals surface area contributed by atoms with Crippen molar-refractivity contribution in [1.82, 2.24) is 10.3 Å². The molecule has 1 aliphatic rings. The van der Waals surface area contributed by atoms with Crippen LogP contribution in [0.2, 0.25) is 0 Å². The van der Waals surface area contributed by atoms with E-state index >= 15 is 0 Å². The molecule has 15 heavy (non-hydrogen) atoms. The fraction of sp³-hybridized carbons (Fsp3) is 0.455. The molecular formula is C11H15N3O. The van der Waals surface area contributed by atoms with Crippen LogP contribution in [0.15, 0.2) is 18.3 Å². The summed E-state index contributed by atoms with van der Waals surface area (Å²) in [4.78, 5) is 15.5. The number of pyridine rings is 1. The zero-order valence-electron chi connectivity index (χ0n) is 8.79. The van der Waals surface area contributed by atoms with Gasteiger partial charge in [0.1, 0.15) is 5.82 Å². The van der Waals surface area contributed by atoms with Crippen LogP contribution >= 0.6 is 0 Å². The number of amides is 1. The number of rotatable bonds is 4. The average Bonchev–Trinajstić information content (AvgIpc) is 2.98. The molecule has 0 unspecified atom stereocenters. The SMILES string of the molecule is Cc1ccnc(NC(=O)CNC2CC2)c1. The van der Waals surface area contributed by atoms with Crippen LogP contribution < -0.4 is 10.6 Å². The number of hydrogen-bond donors (Lipinski definition) is 2. The lowest BCUT2D eigenvalue weighted by molar-refractivity contribution is -0.115. The van der Waals surface area contributed by atoms with E-state index < -0.39 is 0 Å². The highest BCUT2D eigenvalue weighted by molar-refractivity contribution is 5.91. The summed E-state index contributed by atoms with van der Waals surface area (Å²) >= 11 is 0. The number of aryl methyl sites for hydroxylation is 1. The number of carbonyl (C=O) groups excluding carboxylic acids is 1. The number of nitrogens with one attached hydrogen (secondary N) is 2. The monoisotopic (exact) mass is 205 g/mol. The maximum Gasteiger partial charge on any atom is 0.239 e. The van der Waals surface area contributed by atoms with Crippen LogP contribution in [-0.4, -0.2) is 23.5 Å². The highest BCUT2D eigenvalue weighted by Gasteiger charge is 2.21. The predicted molar refractivity (Wildman–Crippen MR) is 58.6 cm³/mol. The molecule has 0 saturated heterocycles. The molecule has 0 aromatic carbocycles. The Hall–Kier alpha value is -1.42. The van der Waals surface area contributed by atoms with Crippen LogP contribution in [0.4, 0.5) is 5.82 Å². The van der Waals surface area contributed by atoms with Gasteiger partial charge in [-0.25, -0.2) is 4.98 Å². The van der Waals surface area contributed by atoms with Crippen LogP contribution in [0.3, 0.4) is 0 Å². The minimum Gasteiger partial charge on any atom is -0.310 e. The highest BCUT2D eigenvalue weighted by atomic mass is 16.1. The molecule has 1 aliphatic carbocycles. The predicted octanol–water partition coefficient (Wildman–Crippen LogP) is 1.08. The Balaban J connectivity index is 1.81. The molecule has 1 fully saturated rings. The van der Waals surface area contributed by atoms with Gasteiger partial charge in [-0.3, -0.25) is 4.79 Å². The Labute approximate surface area is 89.1 Å². The van der Waals surface area contributed by atoms with Crippen molar-refractivity contribution < 1.29 is 4.79 Å². The molecule has 80 valence electrons. The van der Waals surface area contributed by atoms with Crippen molar-refractivity contribution in [2.45, 2.75) is 25.8 Å². The topological polar surface area (TPSA) is 54.0 Å². The van der Waals surface area contributed by atoms with Crippen LogP contribution in [0.5, 0.6) is 0 Å². The molecule has 0 aliphatic heterocycles. The summed E-state index contributed by atoms with van der Waals surface area (Å²) in [7, 11) is 0. The Bertz CT molecular complexity index is 361. The van der Waals surface area contributed by atoms with Gasteiger partial charge in [0.15, 0.2) is 0 Å². The number of nitrogens with zero attached hydrogens (tertiary/aromatic N) is 1. The number of aromatic nitrogens is 1. The Morgan fingerprint density at radius 2 is 2.40 bits per heavy atom.